The second-order valence-electron chi connectivity index (χ2n) is 6.40. The number of hydrogen-bond acceptors (Lipinski definition) is 5. The molecule has 0 saturated heterocycles. The topological polar surface area (TPSA) is 84.0 Å². The second kappa shape index (κ2) is 11.2. The van der Waals surface area contributed by atoms with Crippen molar-refractivity contribution in [1.82, 2.24) is 15.3 Å². The number of amides is 2. The van der Waals surface area contributed by atoms with Gasteiger partial charge in [0.25, 0.3) is 5.91 Å². The molecule has 0 saturated carbocycles. The van der Waals surface area contributed by atoms with Crippen molar-refractivity contribution < 1.29 is 9.59 Å². The van der Waals surface area contributed by atoms with E-state index in [1.165, 1.54) is 17.3 Å². The molecule has 1 heterocycles. The molecular weight excluding hydrogens is 440 g/mol. The van der Waals surface area contributed by atoms with Gasteiger partial charge in [-0.2, -0.15) is 0 Å². The van der Waals surface area contributed by atoms with Gasteiger partial charge in [-0.1, -0.05) is 24.8 Å². The number of rotatable bonds is 9. The molecule has 150 valence electrons. The van der Waals surface area contributed by atoms with Crippen molar-refractivity contribution in [3.05, 3.63) is 45.7 Å². The summed E-state index contributed by atoms with van der Waals surface area (Å²) in [4.78, 5) is 32.9. The van der Waals surface area contributed by atoms with E-state index in [9.17, 15) is 9.59 Å². The Bertz CT molecular complexity index is 845. The molecule has 2 aromatic rings. The molecule has 28 heavy (non-hydrogen) atoms. The van der Waals surface area contributed by atoms with Gasteiger partial charge in [0, 0.05) is 30.6 Å². The van der Waals surface area contributed by atoms with E-state index < -0.39 is 0 Å². The maximum absolute atomic E-state index is 12.4. The average molecular weight is 465 g/mol. The number of thioether (sulfide) groups is 1. The molecule has 0 aliphatic carbocycles. The lowest BCUT2D eigenvalue weighted by Gasteiger charge is -2.09. The fourth-order valence-electron chi connectivity index (χ4n) is 2.35. The number of aryl methyl sites for hydroxylation is 2. The van der Waals surface area contributed by atoms with Gasteiger partial charge < -0.3 is 10.6 Å². The molecule has 0 aliphatic rings. The van der Waals surface area contributed by atoms with Crippen LogP contribution in [-0.4, -0.2) is 34.1 Å². The van der Waals surface area contributed by atoms with Crippen molar-refractivity contribution >= 4 is 45.2 Å². The van der Waals surface area contributed by atoms with Gasteiger partial charge in [0.2, 0.25) is 5.91 Å². The maximum Gasteiger partial charge on any atom is 0.271 e. The fraction of sp³-hybridized carbons (Fsp3) is 0.400. The first-order valence-corrected chi connectivity index (χ1v) is 11.0. The first-order chi connectivity index (χ1) is 13.4. The Hall–Kier alpha value is -1.93. The third-order valence-corrected chi connectivity index (χ3v) is 5.68. The quantitative estimate of drug-likeness (QED) is 0.324. The molecule has 1 aromatic carbocycles. The molecular formula is C20H25BrN4O2S. The van der Waals surface area contributed by atoms with Crippen molar-refractivity contribution in [3.8, 4) is 0 Å². The second-order valence-corrected chi connectivity index (χ2v) is 8.32. The Kier molecular flexibility index (Phi) is 8.92. The Balaban J connectivity index is 1.78. The van der Waals surface area contributed by atoms with Crippen LogP contribution in [-0.2, 0) is 4.79 Å². The summed E-state index contributed by atoms with van der Waals surface area (Å²) in [6.07, 6.45) is 3.48. The summed E-state index contributed by atoms with van der Waals surface area (Å²) in [7, 11) is 0. The van der Waals surface area contributed by atoms with Crippen LogP contribution in [0.4, 0.5) is 5.69 Å². The minimum absolute atomic E-state index is 0.0704. The largest absolute Gasteiger partial charge is 0.351 e. The third-order valence-electron chi connectivity index (χ3n) is 4.03. The van der Waals surface area contributed by atoms with Gasteiger partial charge >= 0.3 is 0 Å². The first-order valence-electron chi connectivity index (χ1n) is 9.21. The Morgan fingerprint density at radius 3 is 2.71 bits per heavy atom. The number of hydrogen-bond donors (Lipinski definition) is 2. The molecule has 0 fully saturated rings. The molecule has 2 N–H and O–H groups in total. The summed E-state index contributed by atoms with van der Waals surface area (Å²) < 4.78 is 0.554. The van der Waals surface area contributed by atoms with Gasteiger partial charge in [-0.3, -0.25) is 9.59 Å². The molecule has 8 heteroatoms. The van der Waals surface area contributed by atoms with Crippen LogP contribution >= 0.6 is 27.7 Å². The third kappa shape index (κ3) is 6.91. The van der Waals surface area contributed by atoms with Crippen molar-refractivity contribution in [2.75, 3.05) is 17.6 Å². The lowest BCUT2D eigenvalue weighted by atomic mass is 10.1. The molecule has 6 nitrogen and oxygen atoms in total. The van der Waals surface area contributed by atoms with Crippen LogP contribution in [0.25, 0.3) is 0 Å². The maximum atomic E-state index is 12.4. The summed E-state index contributed by atoms with van der Waals surface area (Å²) in [6.45, 7) is 6.52. The van der Waals surface area contributed by atoms with E-state index in [1.54, 1.807) is 6.20 Å². The predicted molar refractivity (Wildman–Crippen MR) is 117 cm³/mol. The number of benzene rings is 1. The first kappa shape index (κ1) is 22.4. The lowest BCUT2D eigenvalue weighted by Crippen LogP contribution is -2.27. The Morgan fingerprint density at radius 2 is 2.00 bits per heavy atom. The van der Waals surface area contributed by atoms with Crippen LogP contribution in [0.1, 0.15) is 47.8 Å². The van der Waals surface area contributed by atoms with Crippen LogP contribution in [0, 0.1) is 13.8 Å². The summed E-state index contributed by atoms with van der Waals surface area (Å²) in [5, 5.41) is 6.28. The van der Waals surface area contributed by atoms with E-state index in [1.807, 2.05) is 32.0 Å². The molecule has 0 spiro atoms. The molecule has 2 rings (SSSR count). The van der Waals surface area contributed by atoms with Gasteiger partial charge in [0.05, 0.1) is 4.47 Å². The van der Waals surface area contributed by atoms with E-state index in [2.05, 4.69) is 43.5 Å². The standard InChI is InChI=1S/C20H25BrN4O2S/c1-4-10-28-20-23-12-16(21)18(25-20)19(27)22-9-5-6-17(26)24-15-8-7-13(2)14(3)11-15/h7-8,11-12H,4-6,9-10H2,1-3H3,(H,22,27)(H,24,26). The molecule has 0 aliphatic heterocycles. The number of nitrogens with one attached hydrogen (secondary N) is 2. The highest BCUT2D eigenvalue weighted by molar-refractivity contribution is 9.10. The number of anilines is 1. The van der Waals surface area contributed by atoms with Gasteiger partial charge in [0.15, 0.2) is 5.16 Å². The molecule has 0 atom stereocenters. The number of carbonyl (C=O) groups is 2. The zero-order valence-electron chi connectivity index (χ0n) is 16.3. The fourth-order valence-corrected chi connectivity index (χ4v) is 3.39. The molecule has 0 unspecified atom stereocenters. The Labute approximate surface area is 178 Å². The average Bonchev–Trinajstić information content (AvgIpc) is 2.67. The number of halogens is 1. The van der Waals surface area contributed by atoms with E-state index in [0.717, 1.165) is 23.4 Å². The van der Waals surface area contributed by atoms with E-state index in [-0.39, 0.29) is 11.8 Å². The Morgan fingerprint density at radius 1 is 1.21 bits per heavy atom. The van der Waals surface area contributed by atoms with Crippen molar-refractivity contribution in [3.63, 3.8) is 0 Å². The zero-order valence-corrected chi connectivity index (χ0v) is 18.7. The number of nitrogens with zero attached hydrogens (tertiary/aromatic N) is 2. The summed E-state index contributed by atoms with van der Waals surface area (Å²) >= 11 is 4.84. The lowest BCUT2D eigenvalue weighted by molar-refractivity contribution is -0.116. The predicted octanol–water partition coefficient (Wildman–Crippen LogP) is 4.51. The van der Waals surface area contributed by atoms with E-state index in [4.69, 9.17) is 0 Å². The van der Waals surface area contributed by atoms with Crippen LogP contribution in [0.5, 0.6) is 0 Å². The molecule has 0 radical (unpaired) electrons. The molecule has 1 aromatic heterocycles. The highest BCUT2D eigenvalue weighted by Crippen LogP contribution is 2.19. The SMILES string of the molecule is CCCSc1ncc(Br)c(C(=O)NCCCC(=O)Nc2ccc(C)c(C)c2)n1. The van der Waals surface area contributed by atoms with Gasteiger partial charge in [0.1, 0.15) is 5.69 Å². The van der Waals surface area contributed by atoms with Crippen LogP contribution in [0.15, 0.2) is 34.0 Å². The normalized spacial score (nSPS) is 10.6. The molecule has 2 amide bonds. The van der Waals surface area contributed by atoms with Crippen LogP contribution in [0.2, 0.25) is 0 Å². The van der Waals surface area contributed by atoms with Gasteiger partial charge in [-0.05, 0) is 65.9 Å². The minimum atomic E-state index is -0.276. The van der Waals surface area contributed by atoms with Crippen LogP contribution < -0.4 is 10.6 Å². The number of aromatic nitrogens is 2. The van der Waals surface area contributed by atoms with Crippen LogP contribution in [0.3, 0.4) is 0 Å². The highest BCUT2D eigenvalue weighted by Gasteiger charge is 2.14. The minimum Gasteiger partial charge on any atom is -0.351 e. The van der Waals surface area contributed by atoms with E-state index in [0.29, 0.717) is 34.7 Å². The van der Waals surface area contributed by atoms with Crippen molar-refractivity contribution in [1.29, 1.82) is 0 Å². The zero-order chi connectivity index (χ0) is 20.5. The summed E-state index contributed by atoms with van der Waals surface area (Å²) in [5.74, 6) is 0.555. The smallest absolute Gasteiger partial charge is 0.271 e. The monoisotopic (exact) mass is 464 g/mol. The summed E-state index contributed by atoms with van der Waals surface area (Å²) in [6, 6.07) is 5.83. The van der Waals surface area contributed by atoms with Gasteiger partial charge in [-0.25, -0.2) is 9.97 Å². The highest BCUT2D eigenvalue weighted by atomic mass is 79.9. The number of carbonyl (C=O) groups excluding carboxylic acids is 2. The van der Waals surface area contributed by atoms with Crippen molar-refractivity contribution in [2.24, 2.45) is 0 Å². The van der Waals surface area contributed by atoms with E-state index >= 15 is 0 Å². The van der Waals surface area contributed by atoms with Crippen molar-refractivity contribution in [2.45, 2.75) is 45.2 Å². The molecule has 0 bridgehead atoms. The van der Waals surface area contributed by atoms with Gasteiger partial charge in [-0.15, -0.1) is 0 Å². The summed E-state index contributed by atoms with van der Waals surface area (Å²) in [5.41, 5.74) is 3.43.